The number of ether oxygens (including phenoxy) is 2. The van der Waals surface area contributed by atoms with E-state index < -0.39 is 38.1 Å². The quantitative estimate of drug-likeness (QED) is 0.511. The number of hydrogen-bond acceptors (Lipinski definition) is 8. The highest BCUT2D eigenvalue weighted by Gasteiger charge is 2.31. The van der Waals surface area contributed by atoms with Crippen molar-refractivity contribution in [1.29, 1.82) is 0 Å². The van der Waals surface area contributed by atoms with Gasteiger partial charge in [0.1, 0.15) is 5.75 Å². The van der Waals surface area contributed by atoms with E-state index in [9.17, 15) is 26.7 Å². The Morgan fingerprint density at radius 1 is 1.19 bits per heavy atom. The van der Waals surface area contributed by atoms with Crippen molar-refractivity contribution in [1.82, 2.24) is 9.21 Å². The molecule has 0 saturated carbocycles. The Kier molecular flexibility index (Phi) is 11.2. The summed E-state index contributed by atoms with van der Waals surface area (Å²) in [6.45, 7) is 5.88. The van der Waals surface area contributed by atoms with Crippen LogP contribution in [0, 0.1) is 5.92 Å². The number of likely N-dealkylation sites (N-methyl/N-ethyl adjacent to an activating group) is 1. The number of nitrogens with zero attached hydrogens (tertiary/aromatic N) is 2. The average Bonchev–Trinajstić information content (AvgIpc) is 2.79. The summed E-state index contributed by atoms with van der Waals surface area (Å²) in [6.07, 6.45) is 3.68. The highest BCUT2D eigenvalue weighted by molar-refractivity contribution is 7.92. The van der Waals surface area contributed by atoms with E-state index >= 15 is 0 Å². The van der Waals surface area contributed by atoms with Crippen molar-refractivity contribution in [2.24, 2.45) is 5.92 Å². The minimum absolute atomic E-state index is 0.119. The Morgan fingerprint density at radius 3 is 2.46 bits per heavy atom. The Bertz CT molecular complexity index is 1130. The van der Waals surface area contributed by atoms with Gasteiger partial charge >= 0.3 is 0 Å². The van der Waals surface area contributed by atoms with Crippen molar-refractivity contribution >= 4 is 31.6 Å². The molecule has 0 aliphatic carbocycles. The summed E-state index contributed by atoms with van der Waals surface area (Å²) in [7, 11) is -5.53. The van der Waals surface area contributed by atoms with E-state index in [1.54, 1.807) is 13.0 Å². The van der Waals surface area contributed by atoms with Gasteiger partial charge in [0.25, 0.3) is 5.91 Å². The smallest absolute Gasteiger partial charge is 0.258 e. The van der Waals surface area contributed by atoms with Gasteiger partial charge in [0.15, 0.2) is 0 Å². The number of benzene rings is 1. The van der Waals surface area contributed by atoms with E-state index in [0.717, 1.165) is 25.4 Å². The van der Waals surface area contributed by atoms with Gasteiger partial charge in [0.2, 0.25) is 20.0 Å². The molecular formula is C24H41N3O8S2. The van der Waals surface area contributed by atoms with Gasteiger partial charge in [-0.3, -0.25) is 9.52 Å². The Hall–Kier alpha value is -1.93. The molecule has 0 spiro atoms. The van der Waals surface area contributed by atoms with Gasteiger partial charge in [-0.25, -0.2) is 21.1 Å². The van der Waals surface area contributed by atoms with Crippen LogP contribution in [-0.4, -0.2) is 101 Å². The summed E-state index contributed by atoms with van der Waals surface area (Å²) in [5.74, 6) is -0.410. The number of carbonyl (C=O) groups excluding carboxylic acids is 1. The number of aliphatic hydroxyl groups excluding tert-OH is 1. The third-order valence-corrected chi connectivity index (χ3v) is 8.25. The zero-order valence-corrected chi connectivity index (χ0v) is 24.1. The van der Waals surface area contributed by atoms with Gasteiger partial charge < -0.3 is 19.5 Å². The fourth-order valence-electron chi connectivity index (χ4n) is 4.05. The molecule has 212 valence electrons. The van der Waals surface area contributed by atoms with Crippen molar-refractivity contribution in [2.45, 2.75) is 58.3 Å². The van der Waals surface area contributed by atoms with Crippen LogP contribution in [-0.2, 0) is 24.8 Å². The number of sulfonamides is 2. The first kappa shape index (κ1) is 31.3. The number of nitrogens with one attached hydrogen (secondary N) is 1. The summed E-state index contributed by atoms with van der Waals surface area (Å²) in [5.41, 5.74) is 0.378. The molecule has 0 bridgehead atoms. The highest BCUT2D eigenvalue weighted by Crippen LogP contribution is 2.28. The second kappa shape index (κ2) is 13.2. The van der Waals surface area contributed by atoms with Crippen LogP contribution in [0.5, 0.6) is 5.75 Å². The molecule has 0 aromatic heterocycles. The molecule has 1 heterocycles. The Morgan fingerprint density at radius 2 is 1.86 bits per heavy atom. The number of anilines is 1. The van der Waals surface area contributed by atoms with Crippen LogP contribution >= 0.6 is 0 Å². The first-order valence-corrected chi connectivity index (χ1v) is 16.1. The average molecular weight is 564 g/mol. The molecule has 0 unspecified atom stereocenters. The lowest BCUT2D eigenvalue weighted by atomic mass is 10.0. The Balaban J connectivity index is 2.52. The molecule has 1 amide bonds. The lowest BCUT2D eigenvalue weighted by Crippen LogP contribution is -2.47. The number of amides is 1. The van der Waals surface area contributed by atoms with E-state index in [1.807, 2.05) is 13.8 Å². The maximum atomic E-state index is 13.9. The van der Waals surface area contributed by atoms with Crippen molar-refractivity contribution in [3.63, 3.8) is 0 Å². The number of aliphatic hydroxyl groups is 1. The number of rotatable bonds is 7. The van der Waals surface area contributed by atoms with Crippen LogP contribution in [0.15, 0.2) is 18.2 Å². The largest absolute Gasteiger partial charge is 0.490 e. The van der Waals surface area contributed by atoms with Crippen molar-refractivity contribution < 1.29 is 36.2 Å². The van der Waals surface area contributed by atoms with Crippen LogP contribution in [0.2, 0.25) is 0 Å². The third kappa shape index (κ3) is 9.71. The molecule has 0 radical (unpaired) electrons. The first-order chi connectivity index (χ1) is 17.1. The fraction of sp³-hybridized carbons (Fsp3) is 0.708. The topological polar surface area (TPSA) is 143 Å². The third-order valence-electron chi connectivity index (χ3n) is 6.36. The van der Waals surface area contributed by atoms with Crippen LogP contribution in [0.1, 0.15) is 50.4 Å². The van der Waals surface area contributed by atoms with E-state index in [4.69, 9.17) is 9.47 Å². The molecule has 2 rings (SSSR count). The molecule has 2 N–H and O–H groups in total. The van der Waals surface area contributed by atoms with E-state index in [2.05, 4.69) is 4.72 Å². The predicted molar refractivity (Wildman–Crippen MR) is 143 cm³/mol. The van der Waals surface area contributed by atoms with Crippen LogP contribution in [0.4, 0.5) is 5.69 Å². The lowest BCUT2D eigenvalue weighted by Gasteiger charge is -2.35. The monoisotopic (exact) mass is 563 g/mol. The number of hydrogen-bond donors (Lipinski definition) is 2. The number of carbonyl (C=O) groups is 1. The van der Waals surface area contributed by atoms with Gasteiger partial charge in [-0.2, -0.15) is 0 Å². The maximum Gasteiger partial charge on any atom is 0.258 e. The Labute approximate surface area is 221 Å². The zero-order valence-electron chi connectivity index (χ0n) is 22.5. The van der Waals surface area contributed by atoms with E-state index in [-0.39, 0.29) is 43.0 Å². The molecule has 0 fully saturated rings. The van der Waals surface area contributed by atoms with Crippen LogP contribution in [0.3, 0.4) is 0 Å². The van der Waals surface area contributed by atoms with Gasteiger partial charge in [0, 0.05) is 38.3 Å². The number of fused-ring (bicyclic) bond motifs is 1. The van der Waals surface area contributed by atoms with Crippen molar-refractivity contribution in [3.05, 3.63) is 23.8 Å². The van der Waals surface area contributed by atoms with E-state index in [1.165, 1.54) is 28.4 Å². The summed E-state index contributed by atoms with van der Waals surface area (Å²) in [5, 5.41) is 9.94. The predicted octanol–water partition coefficient (Wildman–Crippen LogP) is 1.75. The fourth-order valence-corrected chi connectivity index (χ4v) is 5.02. The standard InChI is InChI=1S/C24H41N3O8S2/c1-17-14-27(18(2)16-28)24(29)21-13-20(25-36(5,30)31)10-11-22(21)35-19(3)9-7-8-12-34-23(17)15-26(4)37(6,32)33/h10-11,13,17-19,23,25,28H,7-9,12,14-16H2,1-6H3/t17-,18-,19-,23+/m1/s1. The molecule has 1 aliphatic heterocycles. The maximum absolute atomic E-state index is 13.9. The lowest BCUT2D eigenvalue weighted by molar-refractivity contribution is -0.00828. The summed E-state index contributed by atoms with van der Waals surface area (Å²) < 4.78 is 63.6. The molecule has 1 aromatic rings. The molecule has 1 aromatic carbocycles. The molecule has 4 atom stereocenters. The molecule has 0 saturated heterocycles. The second-order valence-electron chi connectivity index (χ2n) is 9.93. The van der Waals surface area contributed by atoms with Crippen molar-refractivity contribution in [3.8, 4) is 5.75 Å². The summed E-state index contributed by atoms with van der Waals surface area (Å²) >= 11 is 0. The minimum atomic E-state index is -3.58. The first-order valence-electron chi connectivity index (χ1n) is 12.4. The molecular weight excluding hydrogens is 522 g/mol. The summed E-state index contributed by atoms with van der Waals surface area (Å²) in [4.78, 5) is 15.4. The van der Waals surface area contributed by atoms with Gasteiger partial charge in [-0.1, -0.05) is 6.92 Å². The molecule has 37 heavy (non-hydrogen) atoms. The van der Waals surface area contributed by atoms with Gasteiger partial charge in [0.05, 0.1) is 42.9 Å². The van der Waals surface area contributed by atoms with Crippen LogP contribution in [0.25, 0.3) is 0 Å². The van der Waals surface area contributed by atoms with Gasteiger partial charge in [-0.05, 0) is 51.3 Å². The normalized spacial score (nSPS) is 23.6. The second-order valence-corrected chi connectivity index (χ2v) is 13.8. The summed E-state index contributed by atoms with van der Waals surface area (Å²) in [6, 6.07) is 3.97. The molecule has 11 nitrogen and oxygen atoms in total. The van der Waals surface area contributed by atoms with Gasteiger partial charge in [-0.15, -0.1) is 0 Å². The molecule has 1 aliphatic rings. The zero-order chi connectivity index (χ0) is 28.0. The minimum Gasteiger partial charge on any atom is -0.490 e. The van der Waals surface area contributed by atoms with E-state index in [0.29, 0.717) is 18.8 Å². The van der Waals surface area contributed by atoms with Crippen molar-refractivity contribution in [2.75, 3.05) is 50.6 Å². The highest BCUT2D eigenvalue weighted by atomic mass is 32.2. The molecule has 13 heteroatoms. The van der Waals surface area contributed by atoms with Crippen LogP contribution < -0.4 is 9.46 Å². The SMILES string of the molecule is C[C@@H]1CCCCO[C@@H](CN(C)S(C)(=O)=O)[C@H](C)CN([C@H](C)CO)C(=O)c2cc(NS(C)(=O)=O)ccc2O1.